The quantitative estimate of drug-likeness (QED) is 0.617. The van der Waals surface area contributed by atoms with Gasteiger partial charge in [0.15, 0.2) is 0 Å². The number of hydrogen-bond donors (Lipinski definition) is 3. The molecule has 1 aliphatic rings. The molecule has 1 aromatic rings. The van der Waals surface area contributed by atoms with Gasteiger partial charge in [-0.15, -0.1) is 0 Å². The van der Waals surface area contributed by atoms with Crippen LogP contribution in [0.4, 0.5) is 5.95 Å². The van der Waals surface area contributed by atoms with Crippen LogP contribution in [-0.2, 0) is 0 Å². The van der Waals surface area contributed by atoms with Gasteiger partial charge in [-0.1, -0.05) is 0 Å². The van der Waals surface area contributed by atoms with E-state index in [1.165, 1.54) is 0 Å². The molecular formula is C7H9IN4O. The van der Waals surface area contributed by atoms with Gasteiger partial charge in [-0.2, -0.15) is 0 Å². The van der Waals surface area contributed by atoms with E-state index in [0.29, 0.717) is 9.49 Å². The van der Waals surface area contributed by atoms with Crippen LogP contribution >= 0.6 is 22.6 Å². The SMILES string of the molecule is Nc1nc(C2CNC2)c(I)c(=O)[nH]1. The van der Waals surface area contributed by atoms with Gasteiger partial charge in [0.25, 0.3) is 5.56 Å². The Balaban J connectivity index is 2.48. The normalized spacial score (nSPS) is 17.0. The van der Waals surface area contributed by atoms with Crippen LogP contribution in [0.3, 0.4) is 0 Å². The summed E-state index contributed by atoms with van der Waals surface area (Å²) in [6.07, 6.45) is 0. The number of H-pyrrole nitrogens is 1. The van der Waals surface area contributed by atoms with E-state index in [-0.39, 0.29) is 11.5 Å². The molecular weight excluding hydrogens is 283 g/mol. The topological polar surface area (TPSA) is 83.8 Å². The maximum Gasteiger partial charge on any atom is 0.266 e. The second-order valence-electron chi connectivity index (χ2n) is 3.01. The van der Waals surface area contributed by atoms with E-state index in [1.807, 2.05) is 22.6 Å². The number of rotatable bonds is 1. The number of anilines is 1. The van der Waals surface area contributed by atoms with Gasteiger partial charge in [-0.25, -0.2) is 4.98 Å². The molecule has 0 atom stereocenters. The summed E-state index contributed by atoms with van der Waals surface area (Å²) in [5.41, 5.74) is 6.13. The van der Waals surface area contributed by atoms with Crippen molar-refractivity contribution >= 4 is 28.5 Å². The fraction of sp³-hybridized carbons (Fsp3) is 0.429. The van der Waals surface area contributed by atoms with Gasteiger partial charge in [0.2, 0.25) is 5.95 Å². The zero-order valence-electron chi connectivity index (χ0n) is 6.80. The summed E-state index contributed by atoms with van der Waals surface area (Å²) < 4.78 is 0.651. The maximum absolute atomic E-state index is 11.3. The van der Waals surface area contributed by atoms with Gasteiger partial charge in [0, 0.05) is 19.0 Å². The third-order valence-electron chi connectivity index (χ3n) is 2.07. The first kappa shape index (κ1) is 8.95. The number of aromatic nitrogens is 2. The average molecular weight is 292 g/mol. The first-order valence-corrected chi connectivity index (χ1v) is 5.02. The van der Waals surface area contributed by atoms with Gasteiger partial charge < -0.3 is 11.1 Å². The summed E-state index contributed by atoms with van der Waals surface area (Å²) in [7, 11) is 0. The van der Waals surface area contributed by atoms with Crippen LogP contribution in [0.15, 0.2) is 4.79 Å². The van der Waals surface area contributed by atoms with Crippen LogP contribution in [0, 0.1) is 3.57 Å². The Morgan fingerprint density at radius 2 is 2.23 bits per heavy atom. The smallest absolute Gasteiger partial charge is 0.266 e. The summed E-state index contributed by atoms with van der Waals surface area (Å²) in [5, 5.41) is 3.13. The van der Waals surface area contributed by atoms with Crippen LogP contribution < -0.4 is 16.6 Å². The number of halogens is 1. The molecule has 2 heterocycles. The lowest BCUT2D eigenvalue weighted by Crippen LogP contribution is -2.41. The lowest BCUT2D eigenvalue weighted by molar-refractivity contribution is 0.437. The van der Waals surface area contributed by atoms with Crippen LogP contribution in [0.2, 0.25) is 0 Å². The monoisotopic (exact) mass is 292 g/mol. The minimum atomic E-state index is -0.144. The number of nitrogens with zero attached hydrogens (tertiary/aromatic N) is 1. The van der Waals surface area contributed by atoms with Crippen LogP contribution in [0.25, 0.3) is 0 Å². The average Bonchev–Trinajstić information content (AvgIpc) is 1.95. The van der Waals surface area contributed by atoms with Crippen molar-refractivity contribution in [2.24, 2.45) is 0 Å². The molecule has 0 radical (unpaired) electrons. The highest BCUT2D eigenvalue weighted by Crippen LogP contribution is 2.20. The second kappa shape index (κ2) is 3.26. The molecule has 0 bridgehead atoms. The Morgan fingerprint density at radius 1 is 1.54 bits per heavy atom. The number of nitrogens with one attached hydrogen (secondary N) is 2. The Bertz CT molecular complexity index is 385. The summed E-state index contributed by atoms with van der Waals surface area (Å²) in [5.74, 6) is 0.545. The molecule has 0 saturated carbocycles. The second-order valence-corrected chi connectivity index (χ2v) is 4.08. The molecule has 13 heavy (non-hydrogen) atoms. The fourth-order valence-corrected chi connectivity index (χ4v) is 1.94. The molecule has 0 unspecified atom stereocenters. The molecule has 0 amide bonds. The van der Waals surface area contributed by atoms with E-state index < -0.39 is 0 Å². The Morgan fingerprint density at radius 3 is 2.77 bits per heavy atom. The highest BCUT2D eigenvalue weighted by Gasteiger charge is 2.24. The summed E-state index contributed by atoms with van der Waals surface area (Å²) in [4.78, 5) is 17.9. The first-order chi connectivity index (χ1) is 6.18. The van der Waals surface area contributed by atoms with Crippen molar-refractivity contribution in [2.45, 2.75) is 5.92 Å². The summed E-state index contributed by atoms with van der Waals surface area (Å²) >= 11 is 2.00. The fourth-order valence-electron chi connectivity index (χ4n) is 1.25. The van der Waals surface area contributed by atoms with E-state index >= 15 is 0 Å². The lowest BCUT2D eigenvalue weighted by Gasteiger charge is -2.26. The maximum atomic E-state index is 11.3. The van der Waals surface area contributed by atoms with E-state index in [9.17, 15) is 4.79 Å². The molecule has 1 aromatic heterocycles. The van der Waals surface area contributed by atoms with Crippen molar-refractivity contribution in [1.82, 2.24) is 15.3 Å². The molecule has 2 rings (SSSR count). The number of aromatic amines is 1. The molecule has 1 aliphatic heterocycles. The lowest BCUT2D eigenvalue weighted by atomic mass is 9.99. The Kier molecular flexibility index (Phi) is 2.24. The summed E-state index contributed by atoms with van der Waals surface area (Å²) in [6.45, 7) is 1.76. The van der Waals surface area contributed by atoms with Gasteiger partial charge in [0.1, 0.15) is 3.57 Å². The molecule has 5 nitrogen and oxygen atoms in total. The molecule has 0 aromatic carbocycles. The Labute approximate surface area is 88.3 Å². The first-order valence-electron chi connectivity index (χ1n) is 3.94. The van der Waals surface area contributed by atoms with Crippen molar-refractivity contribution in [3.05, 3.63) is 19.6 Å². The highest BCUT2D eigenvalue weighted by atomic mass is 127. The zero-order chi connectivity index (χ0) is 9.42. The number of nitrogens with two attached hydrogens (primary N) is 1. The van der Waals surface area contributed by atoms with E-state index in [0.717, 1.165) is 18.8 Å². The zero-order valence-corrected chi connectivity index (χ0v) is 8.96. The van der Waals surface area contributed by atoms with Gasteiger partial charge in [-0.05, 0) is 22.6 Å². The number of nitrogen functional groups attached to an aromatic ring is 1. The van der Waals surface area contributed by atoms with Crippen LogP contribution in [0.5, 0.6) is 0 Å². The van der Waals surface area contributed by atoms with Crippen molar-refractivity contribution in [1.29, 1.82) is 0 Å². The number of hydrogen-bond acceptors (Lipinski definition) is 4. The third kappa shape index (κ3) is 1.55. The van der Waals surface area contributed by atoms with Crippen molar-refractivity contribution in [3.63, 3.8) is 0 Å². The van der Waals surface area contributed by atoms with Gasteiger partial charge >= 0.3 is 0 Å². The van der Waals surface area contributed by atoms with E-state index in [2.05, 4.69) is 15.3 Å². The summed E-state index contributed by atoms with van der Waals surface area (Å²) in [6, 6.07) is 0. The van der Waals surface area contributed by atoms with Gasteiger partial charge in [-0.3, -0.25) is 9.78 Å². The van der Waals surface area contributed by atoms with Crippen molar-refractivity contribution in [2.75, 3.05) is 18.8 Å². The third-order valence-corrected chi connectivity index (χ3v) is 3.12. The molecule has 1 saturated heterocycles. The van der Waals surface area contributed by atoms with Crippen molar-refractivity contribution in [3.8, 4) is 0 Å². The van der Waals surface area contributed by atoms with Crippen LogP contribution in [0.1, 0.15) is 11.6 Å². The standard InChI is InChI=1S/C7H9IN4O/c8-4-5(3-1-10-2-3)11-7(9)12-6(4)13/h3,10H,1-2H2,(H3,9,11,12,13). The van der Waals surface area contributed by atoms with E-state index in [4.69, 9.17) is 5.73 Å². The molecule has 70 valence electrons. The molecule has 0 aliphatic carbocycles. The predicted molar refractivity (Wildman–Crippen MR) is 57.6 cm³/mol. The Hall–Kier alpha value is -0.630. The predicted octanol–water partition coefficient (Wildman–Crippen LogP) is -0.357. The van der Waals surface area contributed by atoms with Gasteiger partial charge in [0.05, 0.1) is 5.69 Å². The minimum absolute atomic E-state index is 0.144. The van der Waals surface area contributed by atoms with Crippen molar-refractivity contribution < 1.29 is 0 Å². The van der Waals surface area contributed by atoms with Crippen LogP contribution in [-0.4, -0.2) is 23.1 Å². The molecule has 1 fully saturated rings. The molecule has 6 heteroatoms. The highest BCUT2D eigenvalue weighted by molar-refractivity contribution is 14.1. The largest absolute Gasteiger partial charge is 0.369 e. The van der Waals surface area contributed by atoms with E-state index in [1.54, 1.807) is 0 Å². The molecule has 4 N–H and O–H groups in total. The minimum Gasteiger partial charge on any atom is -0.369 e. The molecule has 0 spiro atoms.